The lowest BCUT2D eigenvalue weighted by molar-refractivity contribution is 0.0700. The maximum absolute atomic E-state index is 12.5. The molecule has 3 aromatic heterocycles. The molecule has 0 unspecified atom stereocenters. The molecular formula is C15H17N7O. The van der Waals surface area contributed by atoms with Crippen LogP contribution in [0.1, 0.15) is 34.9 Å². The van der Waals surface area contributed by atoms with Gasteiger partial charge in [0.05, 0.1) is 5.39 Å². The minimum absolute atomic E-state index is 0.0164. The summed E-state index contributed by atoms with van der Waals surface area (Å²) in [6, 6.07) is 5.61. The first-order valence-corrected chi connectivity index (χ1v) is 7.61. The van der Waals surface area contributed by atoms with E-state index in [2.05, 4.69) is 25.4 Å². The number of aromatic amines is 2. The number of pyridine rings is 1. The van der Waals surface area contributed by atoms with Crippen LogP contribution in [0.2, 0.25) is 0 Å². The molecule has 1 amide bonds. The van der Waals surface area contributed by atoms with Crippen molar-refractivity contribution in [2.24, 2.45) is 0 Å². The number of hydrogen-bond acceptors (Lipinski definition) is 5. The van der Waals surface area contributed by atoms with Crippen molar-refractivity contribution in [3.63, 3.8) is 0 Å². The lowest BCUT2D eigenvalue weighted by Gasteiger charge is -2.32. The van der Waals surface area contributed by atoms with Crippen LogP contribution in [0.4, 0.5) is 5.82 Å². The summed E-state index contributed by atoms with van der Waals surface area (Å²) in [5, 5.41) is 14.3. The summed E-state index contributed by atoms with van der Waals surface area (Å²) in [5.74, 6) is 0.717. The van der Waals surface area contributed by atoms with Crippen LogP contribution in [0.3, 0.4) is 0 Å². The summed E-state index contributed by atoms with van der Waals surface area (Å²) in [5.41, 5.74) is 7.90. The second kappa shape index (κ2) is 5.38. The summed E-state index contributed by atoms with van der Waals surface area (Å²) in [4.78, 5) is 18.9. The highest BCUT2D eigenvalue weighted by atomic mass is 16.2. The van der Waals surface area contributed by atoms with E-state index >= 15 is 0 Å². The first kappa shape index (κ1) is 13.7. The van der Waals surface area contributed by atoms with Crippen molar-refractivity contribution in [2.45, 2.75) is 18.8 Å². The number of nitrogens with one attached hydrogen (secondary N) is 2. The first-order valence-electron chi connectivity index (χ1n) is 7.61. The summed E-state index contributed by atoms with van der Waals surface area (Å²) in [6.07, 6.45) is 3.55. The molecule has 0 saturated carbocycles. The fourth-order valence-electron chi connectivity index (χ4n) is 3.11. The fourth-order valence-corrected chi connectivity index (χ4v) is 3.11. The molecule has 1 aliphatic heterocycles. The highest BCUT2D eigenvalue weighted by Crippen LogP contribution is 2.28. The smallest absolute Gasteiger partial charge is 0.271 e. The standard InChI is InChI=1S/C15H17N7O/c16-13-10-3-4-11(18-14(10)21-20-13)9-2-1-7-22(8-9)15(23)12-5-6-17-19-12/h3-6,9H,1-2,7-8H2,(H,17,19)(H3,16,18,20,21)/t9-/m1/s1. The number of nitrogens with zero attached hydrogens (tertiary/aromatic N) is 4. The normalized spacial score (nSPS) is 18.4. The molecule has 118 valence electrons. The zero-order valence-electron chi connectivity index (χ0n) is 12.5. The van der Waals surface area contributed by atoms with E-state index in [4.69, 9.17) is 5.73 Å². The van der Waals surface area contributed by atoms with Crippen molar-refractivity contribution in [1.29, 1.82) is 0 Å². The molecule has 3 aromatic rings. The van der Waals surface area contributed by atoms with Crippen LogP contribution < -0.4 is 5.73 Å². The second-order valence-electron chi connectivity index (χ2n) is 5.81. The Morgan fingerprint density at radius 2 is 2.22 bits per heavy atom. The van der Waals surface area contributed by atoms with Gasteiger partial charge in [0, 0.05) is 30.9 Å². The Balaban J connectivity index is 1.57. The minimum Gasteiger partial charge on any atom is -0.384 e. The lowest BCUT2D eigenvalue weighted by Crippen LogP contribution is -2.39. The third-order valence-corrected chi connectivity index (χ3v) is 4.33. The zero-order valence-corrected chi connectivity index (χ0v) is 12.5. The Morgan fingerprint density at radius 1 is 1.30 bits per heavy atom. The maximum Gasteiger partial charge on any atom is 0.271 e. The molecule has 4 rings (SSSR count). The third kappa shape index (κ3) is 2.41. The number of H-pyrrole nitrogens is 2. The van der Waals surface area contributed by atoms with Crippen LogP contribution >= 0.6 is 0 Å². The number of nitrogen functional groups attached to an aromatic ring is 1. The predicted molar refractivity (Wildman–Crippen MR) is 84.8 cm³/mol. The number of fused-ring (bicyclic) bond motifs is 1. The van der Waals surface area contributed by atoms with Crippen LogP contribution in [0, 0.1) is 0 Å². The van der Waals surface area contributed by atoms with Gasteiger partial charge in [-0.15, -0.1) is 0 Å². The third-order valence-electron chi connectivity index (χ3n) is 4.33. The van der Waals surface area contributed by atoms with Crippen molar-refractivity contribution in [1.82, 2.24) is 30.3 Å². The number of aromatic nitrogens is 5. The van der Waals surface area contributed by atoms with E-state index < -0.39 is 0 Å². The van der Waals surface area contributed by atoms with Crippen molar-refractivity contribution in [2.75, 3.05) is 18.8 Å². The fraction of sp³-hybridized carbons (Fsp3) is 0.333. The topological polar surface area (TPSA) is 117 Å². The number of carbonyl (C=O) groups excluding carboxylic acids is 1. The van der Waals surface area contributed by atoms with Gasteiger partial charge in [-0.25, -0.2) is 4.98 Å². The number of likely N-dealkylation sites (tertiary alicyclic amines) is 1. The van der Waals surface area contributed by atoms with Crippen LogP contribution in [-0.4, -0.2) is 49.3 Å². The number of anilines is 1. The first-order chi connectivity index (χ1) is 11.2. The quantitative estimate of drug-likeness (QED) is 0.659. The second-order valence-corrected chi connectivity index (χ2v) is 5.81. The minimum atomic E-state index is -0.0164. The summed E-state index contributed by atoms with van der Waals surface area (Å²) in [7, 11) is 0. The molecule has 0 radical (unpaired) electrons. The van der Waals surface area contributed by atoms with E-state index in [1.165, 1.54) is 0 Å². The number of carbonyl (C=O) groups is 1. The largest absolute Gasteiger partial charge is 0.384 e. The number of amides is 1. The van der Waals surface area contributed by atoms with Crippen LogP contribution in [0.5, 0.6) is 0 Å². The Kier molecular flexibility index (Phi) is 3.22. The van der Waals surface area contributed by atoms with E-state index in [0.717, 1.165) is 30.5 Å². The predicted octanol–water partition coefficient (Wildman–Crippen LogP) is 1.28. The average molecular weight is 311 g/mol. The molecule has 0 aromatic carbocycles. The van der Waals surface area contributed by atoms with Crippen molar-refractivity contribution >= 4 is 22.8 Å². The highest BCUT2D eigenvalue weighted by molar-refractivity contribution is 5.92. The molecule has 1 saturated heterocycles. The summed E-state index contributed by atoms with van der Waals surface area (Å²) < 4.78 is 0. The molecule has 1 aliphatic rings. The maximum atomic E-state index is 12.5. The van der Waals surface area contributed by atoms with Crippen molar-refractivity contribution in [3.8, 4) is 0 Å². The Morgan fingerprint density at radius 3 is 3.04 bits per heavy atom. The van der Waals surface area contributed by atoms with E-state index in [9.17, 15) is 4.79 Å². The highest BCUT2D eigenvalue weighted by Gasteiger charge is 2.27. The van der Waals surface area contributed by atoms with Crippen LogP contribution in [0.15, 0.2) is 24.4 Å². The van der Waals surface area contributed by atoms with Gasteiger partial charge in [-0.05, 0) is 31.0 Å². The van der Waals surface area contributed by atoms with E-state index in [0.29, 0.717) is 23.7 Å². The molecule has 8 nitrogen and oxygen atoms in total. The van der Waals surface area contributed by atoms with E-state index in [1.807, 2.05) is 17.0 Å². The number of hydrogen-bond donors (Lipinski definition) is 3. The van der Waals surface area contributed by atoms with Gasteiger partial charge in [0.15, 0.2) is 5.65 Å². The lowest BCUT2D eigenvalue weighted by atomic mass is 9.94. The number of nitrogens with two attached hydrogens (primary N) is 1. The van der Waals surface area contributed by atoms with Gasteiger partial charge in [-0.2, -0.15) is 10.2 Å². The van der Waals surface area contributed by atoms with Gasteiger partial charge in [-0.3, -0.25) is 15.0 Å². The van der Waals surface area contributed by atoms with E-state index in [-0.39, 0.29) is 11.8 Å². The van der Waals surface area contributed by atoms with Gasteiger partial charge in [0.2, 0.25) is 0 Å². The van der Waals surface area contributed by atoms with Crippen LogP contribution in [0.25, 0.3) is 11.0 Å². The number of rotatable bonds is 2. The van der Waals surface area contributed by atoms with E-state index in [1.54, 1.807) is 12.3 Å². The average Bonchev–Trinajstić information content (AvgIpc) is 3.24. The molecule has 4 heterocycles. The Hall–Kier alpha value is -2.90. The summed E-state index contributed by atoms with van der Waals surface area (Å²) in [6.45, 7) is 1.40. The summed E-state index contributed by atoms with van der Waals surface area (Å²) >= 11 is 0. The SMILES string of the molecule is Nc1[nH]nc2nc([C@@H]3CCCN(C(=O)c4ccn[nH]4)C3)ccc12. The van der Waals surface area contributed by atoms with Gasteiger partial charge < -0.3 is 10.6 Å². The molecular weight excluding hydrogens is 294 g/mol. The van der Waals surface area contributed by atoms with Gasteiger partial charge >= 0.3 is 0 Å². The van der Waals surface area contributed by atoms with Crippen LogP contribution in [-0.2, 0) is 0 Å². The Labute approximate surface area is 132 Å². The van der Waals surface area contributed by atoms with Crippen molar-refractivity contribution in [3.05, 3.63) is 35.8 Å². The van der Waals surface area contributed by atoms with Crippen molar-refractivity contribution < 1.29 is 4.79 Å². The molecule has 0 bridgehead atoms. The van der Waals surface area contributed by atoms with Gasteiger partial charge in [0.1, 0.15) is 11.5 Å². The molecule has 1 atom stereocenters. The number of piperidine rings is 1. The molecule has 8 heteroatoms. The monoisotopic (exact) mass is 311 g/mol. The molecule has 4 N–H and O–H groups in total. The molecule has 0 spiro atoms. The molecule has 0 aliphatic carbocycles. The van der Waals surface area contributed by atoms with Gasteiger partial charge in [-0.1, -0.05) is 0 Å². The molecule has 1 fully saturated rings. The molecule has 23 heavy (non-hydrogen) atoms. The zero-order chi connectivity index (χ0) is 15.8. The Bertz CT molecular complexity index is 839. The van der Waals surface area contributed by atoms with Gasteiger partial charge in [0.25, 0.3) is 5.91 Å².